The third kappa shape index (κ3) is 4.13. The lowest BCUT2D eigenvalue weighted by atomic mass is 10.1. The molecular weight excluding hydrogens is 310 g/mol. The number of hydrogen-bond donors (Lipinski definition) is 1. The second kappa shape index (κ2) is 7.64. The number of nitrogens with zero attached hydrogens (tertiary/aromatic N) is 2. The maximum atomic E-state index is 12.4. The van der Waals surface area contributed by atoms with E-state index in [1.165, 1.54) is 11.8 Å². The number of anilines is 1. The Morgan fingerprint density at radius 3 is 2.74 bits per heavy atom. The van der Waals surface area contributed by atoms with Gasteiger partial charge in [-0.2, -0.15) is 0 Å². The maximum absolute atomic E-state index is 12.4. The van der Waals surface area contributed by atoms with Crippen LogP contribution in [0.1, 0.15) is 31.4 Å². The molecule has 0 unspecified atom stereocenters. The van der Waals surface area contributed by atoms with Gasteiger partial charge in [0.1, 0.15) is 5.25 Å². The smallest absolute Gasteiger partial charge is 0.242 e. The van der Waals surface area contributed by atoms with Gasteiger partial charge >= 0.3 is 0 Å². The average Bonchev–Trinajstić information content (AvgIpc) is 2.78. The zero-order valence-corrected chi connectivity index (χ0v) is 14.9. The minimum absolute atomic E-state index is 0.0270. The Morgan fingerprint density at radius 1 is 1.35 bits per heavy atom. The molecule has 0 spiro atoms. The number of thioether (sulfide) groups is 1. The summed E-state index contributed by atoms with van der Waals surface area (Å²) in [5.74, 6) is -0.167. The van der Waals surface area contributed by atoms with Crippen molar-refractivity contribution < 1.29 is 9.59 Å². The predicted molar refractivity (Wildman–Crippen MR) is 95.9 cm³/mol. The third-order valence-electron chi connectivity index (χ3n) is 3.67. The monoisotopic (exact) mass is 333 g/mol. The predicted octanol–water partition coefficient (Wildman–Crippen LogP) is 2.97. The highest BCUT2D eigenvalue weighted by molar-refractivity contribution is 8.15. The summed E-state index contributed by atoms with van der Waals surface area (Å²) < 4.78 is 0. The minimum atomic E-state index is -0.384. The van der Waals surface area contributed by atoms with Gasteiger partial charge in [-0.3, -0.25) is 19.5 Å². The SMILES string of the molecule is CCN=C1S[C@H](CC(=O)Nc2cc(C)ccc2C)C(=O)N1CC. The Bertz CT molecular complexity index is 643. The summed E-state index contributed by atoms with van der Waals surface area (Å²) in [6.45, 7) is 9.01. The highest BCUT2D eigenvalue weighted by Crippen LogP contribution is 2.29. The summed E-state index contributed by atoms with van der Waals surface area (Å²) >= 11 is 1.39. The van der Waals surface area contributed by atoms with Crippen LogP contribution in [0.4, 0.5) is 5.69 Å². The lowest BCUT2D eigenvalue weighted by molar-refractivity contribution is -0.128. The molecule has 0 aliphatic carbocycles. The molecule has 1 aromatic carbocycles. The van der Waals surface area contributed by atoms with Crippen molar-refractivity contribution in [3.05, 3.63) is 29.3 Å². The van der Waals surface area contributed by atoms with Crippen molar-refractivity contribution in [3.8, 4) is 0 Å². The number of carbonyl (C=O) groups excluding carboxylic acids is 2. The van der Waals surface area contributed by atoms with E-state index >= 15 is 0 Å². The van der Waals surface area contributed by atoms with Crippen molar-refractivity contribution in [2.24, 2.45) is 4.99 Å². The number of carbonyl (C=O) groups is 2. The molecule has 1 fully saturated rings. The molecule has 0 aromatic heterocycles. The van der Waals surface area contributed by atoms with Crippen LogP contribution < -0.4 is 5.32 Å². The molecular formula is C17H23N3O2S. The summed E-state index contributed by atoms with van der Waals surface area (Å²) in [5, 5.41) is 3.26. The fourth-order valence-corrected chi connectivity index (χ4v) is 3.69. The number of hydrogen-bond acceptors (Lipinski definition) is 4. The van der Waals surface area contributed by atoms with Gasteiger partial charge in [0.25, 0.3) is 0 Å². The van der Waals surface area contributed by atoms with Gasteiger partial charge in [0.15, 0.2) is 5.17 Å². The van der Waals surface area contributed by atoms with Crippen molar-refractivity contribution in [1.29, 1.82) is 0 Å². The van der Waals surface area contributed by atoms with E-state index in [2.05, 4.69) is 10.3 Å². The van der Waals surface area contributed by atoms with Crippen molar-refractivity contribution in [2.45, 2.75) is 39.4 Å². The van der Waals surface area contributed by atoms with Crippen molar-refractivity contribution >= 4 is 34.4 Å². The van der Waals surface area contributed by atoms with Gasteiger partial charge < -0.3 is 5.32 Å². The number of nitrogens with one attached hydrogen (secondary N) is 1. The molecule has 1 aliphatic rings. The topological polar surface area (TPSA) is 61.8 Å². The molecule has 1 atom stereocenters. The number of amides is 2. The van der Waals surface area contributed by atoms with Gasteiger partial charge in [-0.05, 0) is 44.9 Å². The molecule has 5 nitrogen and oxygen atoms in total. The number of rotatable bonds is 5. The van der Waals surface area contributed by atoms with E-state index in [0.29, 0.717) is 13.1 Å². The zero-order chi connectivity index (χ0) is 17.0. The number of amidine groups is 1. The van der Waals surface area contributed by atoms with Crippen molar-refractivity contribution in [2.75, 3.05) is 18.4 Å². The zero-order valence-electron chi connectivity index (χ0n) is 14.0. The normalized spacial score (nSPS) is 19.5. The van der Waals surface area contributed by atoms with Crippen LogP contribution in [0.15, 0.2) is 23.2 Å². The first-order chi connectivity index (χ1) is 11.0. The molecule has 6 heteroatoms. The van der Waals surface area contributed by atoms with Gasteiger partial charge in [0.05, 0.1) is 0 Å². The number of benzene rings is 1. The Morgan fingerprint density at radius 2 is 2.09 bits per heavy atom. The molecule has 124 valence electrons. The van der Waals surface area contributed by atoms with Crippen LogP contribution in [-0.4, -0.2) is 40.2 Å². The third-order valence-corrected chi connectivity index (χ3v) is 4.88. The van der Waals surface area contributed by atoms with Gasteiger partial charge in [0, 0.05) is 25.2 Å². The van der Waals surface area contributed by atoms with Gasteiger partial charge in [-0.15, -0.1) is 0 Å². The molecule has 1 aliphatic heterocycles. The Balaban J connectivity index is 2.04. The molecule has 2 rings (SSSR count). The summed E-state index contributed by atoms with van der Waals surface area (Å²) in [7, 11) is 0. The summed E-state index contributed by atoms with van der Waals surface area (Å²) in [6, 6.07) is 5.93. The lowest BCUT2D eigenvalue weighted by Gasteiger charge is -2.13. The van der Waals surface area contributed by atoms with Crippen LogP contribution in [0.25, 0.3) is 0 Å². The van der Waals surface area contributed by atoms with Crippen LogP contribution in [-0.2, 0) is 9.59 Å². The first-order valence-corrected chi connectivity index (χ1v) is 8.73. The maximum Gasteiger partial charge on any atom is 0.242 e. The van der Waals surface area contributed by atoms with Crippen LogP contribution in [0.3, 0.4) is 0 Å². The standard InChI is InChI=1S/C17H23N3O2S/c1-5-18-17-20(6-2)16(22)14(23-17)10-15(21)19-13-9-11(3)7-8-12(13)4/h7-9,14H,5-6,10H2,1-4H3,(H,19,21)/t14-/m1/s1. The minimum Gasteiger partial charge on any atom is -0.326 e. The molecule has 1 aromatic rings. The average molecular weight is 333 g/mol. The summed E-state index contributed by atoms with van der Waals surface area (Å²) in [5.41, 5.74) is 2.91. The second-order valence-electron chi connectivity index (χ2n) is 5.52. The van der Waals surface area contributed by atoms with Gasteiger partial charge in [0.2, 0.25) is 11.8 Å². The molecule has 1 N–H and O–H groups in total. The van der Waals surface area contributed by atoms with E-state index in [1.54, 1.807) is 4.90 Å². The Labute approximate surface area is 141 Å². The van der Waals surface area contributed by atoms with Crippen molar-refractivity contribution in [3.63, 3.8) is 0 Å². The van der Waals surface area contributed by atoms with E-state index in [1.807, 2.05) is 45.9 Å². The Kier molecular flexibility index (Phi) is 5.82. The fraction of sp³-hybridized carbons (Fsp3) is 0.471. The number of aryl methyl sites for hydroxylation is 2. The van der Waals surface area contributed by atoms with Crippen LogP contribution in [0.2, 0.25) is 0 Å². The second-order valence-corrected chi connectivity index (χ2v) is 6.69. The molecule has 0 radical (unpaired) electrons. The van der Waals surface area contributed by atoms with E-state index in [4.69, 9.17) is 0 Å². The lowest BCUT2D eigenvalue weighted by Crippen LogP contribution is -2.33. The highest BCUT2D eigenvalue weighted by Gasteiger charge is 2.38. The van der Waals surface area contributed by atoms with Gasteiger partial charge in [-0.1, -0.05) is 23.9 Å². The molecule has 0 bridgehead atoms. The molecule has 23 heavy (non-hydrogen) atoms. The molecule has 0 saturated carbocycles. The van der Waals surface area contributed by atoms with E-state index in [9.17, 15) is 9.59 Å². The largest absolute Gasteiger partial charge is 0.326 e. The summed E-state index contributed by atoms with van der Waals surface area (Å²) in [6.07, 6.45) is 0.163. The van der Waals surface area contributed by atoms with Gasteiger partial charge in [-0.25, -0.2) is 0 Å². The Hall–Kier alpha value is -1.82. The fourth-order valence-electron chi connectivity index (χ4n) is 2.43. The number of aliphatic imine (C=N–C) groups is 1. The van der Waals surface area contributed by atoms with E-state index < -0.39 is 0 Å². The van der Waals surface area contributed by atoms with Crippen LogP contribution in [0.5, 0.6) is 0 Å². The molecule has 2 amide bonds. The van der Waals surface area contributed by atoms with E-state index in [-0.39, 0.29) is 23.5 Å². The van der Waals surface area contributed by atoms with Crippen LogP contribution in [0, 0.1) is 13.8 Å². The highest BCUT2D eigenvalue weighted by atomic mass is 32.2. The van der Waals surface area contributed by atoms with Crippen molar-refractivity contribution in [1.82, 2.24) is 4.90 Å². The summed E-state index contributed by atoms with van der Waals surface area (Å²) in [4.78, 5) is 30.7. The molecule has 1 saturated heterocycles. The van der Waals surface area contributed by atoms with E-state index in [0.717, 1.165) is 22.0 Å². The quantitative estimate of drug-likeness (QED) is 0.901. The first-order valence-electron chi connectivity index (χ1n) is 7.85. The first kappa shape index (κ1) is 17.5. The molecule has 1 heterocycles. The van der Waals surface area contributed by atoms with Crippen LogP contribution >= 0.6 is 11.8 Å².